The summed E-state index contributed by atoms with van der Waals surface area (Å²) in [5.41, 5.74) is 0. The summed E-state index contributed by atoms with van der Waals surface area (Å²) < 4.78 is 5.16. The molecule has 3 heteroatoms. The van der Waals surface area contributed by atoms with Crippen LogP contribution in [-0.2, 0) is 4.74 Å². The molecule has 0 aliphatic carbocycles. The molecule has 0 aliphatic heterocycles. The number of hydrogen-bond acceptors (Lipinski definition) is 3. The average Bonchev–Trinajstić information content (AvgIpc) is 2.13. The van der Waals surface area contributed by atoms with E-state index in [0.29, 0.717) is 31.7 Å². The lowest BCUT2D eigenvalue weighted by Crippen LogP contribution is -2.40. The van der Waals surface area contributed by atoms with Crippen molar-refractivity contribution in [3.63, 3.8) is 0 Å². The second-order valence-electron chi connectivity index (χ2n) is 4.24. The second kappa shape index (κ2) is 7.21. The van der Waals surface area contributed by atoms with Gasteiger partial charge in [0.05, 0.1) is 12.7 Å². The maximum Gasteiger partial charge on any atom is 0.0900 e. The highest BCUT2D eigenvalue weighted by molar-refractivity contribution is 4.69. The fraction of sp³-hybridized carbons (Fsp3) is 1.00. The van der Waals surface area contributed by atoms with Crippen molar-refractivity contribution in [2.24, 2.45) is 5.92 Å². The topological polar surface area (TPSA) is 32.7 Å². The minimum atomic E-state index is -0.374. The van der Waals surface area contributed by atoms with E-state index in [2.05, 4.69) is 25.7 Å². The average molecular weight is 203 g/mol. The lowest BCUT2D eigenvalue weighted by atomic mass is 10.1. The van der Waals surface area contributed by atoms with Gasteiger partial charge in [-0.15, -0.1) is 0 Å². The van der Waals surface area contributed by atoms with Gasteiger partial charge in [0.15, 0.2) is 0 Å². The third-order valence-corrected chi connectivity index (χ3v) is 2.67. The second-order valence-corrected chi connectivity index (χ2v) is 4.24. The van der Waals surface area contributed by atoms with E-state index in [9.17, 15) is 5.11 Å². The van der Waals surface area contributed by atoms with Crippen LogP contribution in [0, 0.1) is 5.92 Å². The molecule has 0 spiro atoms. The fourth-order valence-electron chi connectivity index (χ4n) is 1.31. The molecule has 0 saturated carbocycles. The van der Waals surface area contributed by atoms with E-state index in [-0.39, 0.29) is 6.10 Å². The van der Waals surface area contributed by atoms with E-state index in [1.54, 1.807) is 0 Å². The minimum absolute atomic E-state index is 0.374. The quantitative estimate of drug-likeness (QED) is 0.678. The van der Waals surface area contributed by atoms with Gasteiger partial charge in [-0.05, 0) is 26.8 Å². The van der Waals surface area contributed by atoms with Crippen LogP contribution in [0.15, 0.2) is 0 Å². The van der Waals surface area contributed by atoms with E-state index in [1.165, 1.54) is 0 Å². The molecule has 2 unspecified atom stereocenters. The first kappa shape index (κ1) is 13.9. The Labute approximate surface area is 88.1 Å². The molecule has 0 fully saturated rings. The molecule has 0 radical (unpaired) electrons. The van der Waals surface area contributed by atoms with Gasteiger partial charge < -0.3 is 14.7 Å². The molecule has 3 nitrogen and oxygen atoms in total. The molecule has 2 atom stereocenters. The Kier molecular flexibility index (Phi) is 7.15. The van der Waals surface area contributed by atoms with Gasteiger partial charge >= 0.3 is 0 Å². The first-order valence-corrected chi connectivity index (χ1v) is 5.45. The Bertz CT molecular complexity index is 139. The van der Waals surface area contributed by atoms with E-state index in [1.807, 2.05) is 14.0 Å². The molecule has 0 heterocycles. The standard InChI is InChI=1S/C11H25NO2/c1-6-14-8-11(13)7-12(5)10(4)9(2)3/h9-11,13H,6-8H2,1-5H3. The number of nitrogens with zero attached hydrogens (tertiary/aromatic N) is 1. The van der Waals surface area contributed by atoms with Gasteiger partial charge in [0.2, 0.25) is 0 Å². The molecule has 1 N–H and O–H groups in total. The van der Waals surface area contributed by atoms with Crippen LogP contribution < -0.4 is 0 Å². The summed E-state index contributed by atoms with van der Waals surface area (Å²) in [6.07, 6.45) is -0.374. The Hall–Kier alpha value is -0.120. The van der Waals surface area contributed by atoms with E-state index in [4.69, 9.17) is 4.74 Å². The Balaban J connectivity index is 3.74. The molecular weight excluding hydrogens is 178 g/mol. The molecule has 0 amide bonds. The zero-order chi connectivity index (χ0) is 11.1. The summed E-state index contributed by atoms with van der Waals surface area (Å²) in [4.78, 5) is 2.17. The summed E-state index contributed by atoms with van der Waals surface area (Å²) in [7, 11) is 2.04. The normalized spacial score (nSPS) is 16.3. The molecule has 0 rings (SSSR count). The maximum atomic E-state index is 9.61. The van der Waals surface area contributed by atoms with Crippen molar-refractivity contribution < 1.29 is 9.84 Å². The summed E-state index contributed by atoms with van der Waals surface area (Å²) in [5.74, 6) is 0.610. The lowest BCUT2D eigenvalue weighted by Gasteiger charge is -2.29. The molecule has 0 saturated heterocycles. The first-order valence-electron chi connectivity index (χ1n) is 5.45. The molecular formula is C11H25NO2. The van der Waals surface area contributed by atoms with Crippen molar-refractivity contribution in [2.75, 3.05) is 26.8 Å². The highest BCUT2D eigenvalue weighted by atomic mass is 16.5. The van der Waals surface area contributed by atoms with E-state index in [0.717, 1.165) is 0 Å². The summed E-state index contributed by atoms with van der Waals surface area (Å²) in [6.45, 7) is 10.3. The van der Waals surface area contributed by atoms with Crippen LogP contribution in [0.2, 0.25) is 0 Å². The van der Waals surface area contributed by atoms with Crippen molar-refractivity contribution in [3.05, 3.63) is 0 Å². The van der Waals surface area contributed by atoms with Crippen LogP contribution >= 0.6 is 0 Å². The van der Waals surface area contributed by atoms with Gasteiger partial charge in [-0.2, -0.15) is 0 Å². The van der Waals surface area contributed by atoms with Gasteiger partial charge in [-0.3, -0.25) is 0 Å². The van der Waals surface area contributed by atoms with Crippen LogP contribution in [0.1, 0.15) is 27.7 Å². The lowest BCUT2D eigenvalue weighted by molar-refractivity contribution is 0.0161. The van der Waals surface area contributed by atoms with Crippen LogP contribution in [-0.4, -0.2) is 49.0 Å². The van der Waals surface area contributed by atoms with Crippen LogP contribution in [0.25, 0.3) is 0 Å². The van der Waals surface area contributed by atoms with E-state index >= 15 is 0 Å². The predicted molar refractivity (Wildman–Crippen MR) is 59.4 cm³/mol. The summed E-state index contributed by atoms with van der Waals surface area (Å²) in [6, 6.07) is 0.492. The zero-order valence-electron chi connectivity index (χ0n) is 10.2. The van der Waals surface area contributed by atoms with Crippen molar-refractivity contribution in [1.82, 2.24) is 4.90 Å². The molecule has 0 bridgehead atoms. The number of likely N-dealkylation sites (N-methyl/N-ethyl adjacent to an activating group) is 1. The third kappa shape index (κ3) is 5.58. The highest BCUT2D eigenvalue weighted by Gasteiger charge is 2.16. The minimum Gasteiger partial charge on any atom is -0.389 e. The van der Waals surface area contributed by atoms with Gasteiger partial charge in [-0.1, -0.05) is 13.8 Å². The summed E-state index contributed by atoms with van der Waals surface area (Å²) >= 11 is 0. The third-order valence-electron chi connectivity index (χ3n) is 2.67. The van der Waals surface area contributed by atoms with Crippen LogP contribution in [0.5, 0.6) is 0 Å². The molecule has 86 valence electrons. The molecule has 0 aromatic carbocycles. The maximum absolute atomic E-state index is 9.61. The van der Waals surface area contributed by atoms with E-state index < -0.39 is 0 Å². The Morgan fingerprint density at radius 1 is 1.29 bits per heavy atom. The van der Waals surface area contributed by atoms with Crippen LogP contribution in [0.4, 0.5) is 0 Å². The van der Waals surface area contributed by atoms with Gasteiger partial charge in [-0.25, -0.2) is 0 Å². The molecule has 14 heavy (non-hydrogen) atoms. The van der Waals surface area contributed by atoms with Crippen molar-refractivity contribution >= 4 is 0 Å². The number of aliphatic hydroxyl groups is 1. The van der Waals surface area contributed by atoms with Gasteiger partial charge in [0.1, 0.15) is 0 Å². The Morgan fingerprint density at radius 3 is 2.29 bits per heavy atom. The van der Waals surface area contributed by atoms with Crippen molar-refractivity contribution in [3.8, 4) is 0 Å². The predicted octanol–water partition coefficient (Wildman–Crippen LogP) is 1.36. The molecule has 0 aromatic rings. The number of hydrogen-bond donors (Lipinski definition) is 1. The number of ether oxygens (including phenoxy) is 1. The van der Waals surface area contributed by atoms with Crippen molar-refractivity contribution in [1.29, 1.82) is 0 Å². The number of aliphatic hydroxyl groups excluding tert-OH is 1. The largest absolute Gasteiger partial charge is 0.389 e. The molecule has 0 aliphatic rings. The first-order chi connectivity index (χ1) is 6.49. The van der Waals surface area contributed by atoms with Gasteiger partial charge in [0.25, 0.3) is 0 Å². The van der Waals surface area contributed by atoms with Crippen molar-refractivity contribution in [2.45, 2.75) is 39.8 Å². The summed E-state index contributed by atoms with van der Waals surface area (Å²) in [5, 5.41) is 9.61. The number of rotatable bonds is 7. The van der Waals surface area contributed by atoms with Gasteiger partial charge in [0, 0.05) is 19.2 Å². The highest BCUT2D eigenvalue weighted by Crippen LogP contribution is 2.08. The SMILES string of the molecule is CCOCC(O)CN(C)C(C)C(C)C. The Morgan fingerprint density at radius 2 is 1.86 bits per heavy atom. The monoisotopic (exact) mass is 203 g/mol. The zero-order valence-corrected chi connectivity index (χ0v) is 10.2. The van der Waals surface area contributed by atoms with Crippen LogP contribution in [0.3, 0.4) is 0 Å². The molecule has 0 aromatic heterocycles. The fourth-order valence-corrected chi connectivity index (χ4v) is 1.31. The smallest absolute Gasteiger partial charge is 0.0900 e.